The Balaban J connectivity index is 2.36. The smallest absolute Gasteiger partial charge is 0.338 e. The number of hydrogen-bond acceptors (Lipinski definition) is 1. The van der Waals surface area contributed by atoms with E-state index in [0.29, 0.717) is 40.4 Å². The minimum absolute atomic E-state index is 0.125. The fourth-order valence-corrected chi connectivity index (χ4v) is 4.07. The van der Waals surface area contributed by atoms with Gasteiger partial charge >= 0.3 is 12.1 Å². The van der Waals surface area contributed by atoms with Crippen molar-refractivity contribution in [3.63, 3.8) is 0 Å². The van der Waals surface area contributed by atoms with Gasteiger partial charge in [-0.15, -0.1) is 0 Å². The lowest BCUT2D eigenvalue weighted by Gasteiger charge is -2.21. The zero-order valence-electron chi connectivity index (χ0n) is 14.6. The second kappa shape index (κ2) is 7.47. The van der Waals surface area contributed by atoms with E-state index in [0.717, 1.165) is 8.99 Å². The number of H-pyrrole nitrogens is 1. The molecule has 28 heavy (non-hydrogen) atoms. The standard InChI is InChI=1S/C18H15ClF5IN2O/c1-9-10(3-2-6-25)15-13(27(9)8-17(20,21)18(22,23)24)5-4-12-16(15)11(19)7-14(28)26-12/h4-5,7H,2-3,6,8H2,1H3,(H,26,28). The molecular weight excluding hydrogens is 518 g/mol. The van der Waals surface area contributed by atoms with Gasteiger partial charge in [0.25, 0.3) is 0 Å². The zero-order valence-corrected chi connectivity index (χ0v) is 17.5. The third-order valence-electron chi connectivity index (χ3n) is 4.70. The van der Waals surface area contributed by atoms with Crippen LogP contribution in [0.25, 0.3) is 21.8 Å². The molecule has 152 valence electrons. The normalized spacial score (nSPS) is 13.0. The van der Waals surface area contributed by atoms with Crippen molar-refractivity contribution in [3.05, 3.63) is 44.8 Å². The van der Waals surface area contributed by atoms with Gasteiger partial charge in [-0.05, 0) is 41.9 Å². The summed E-state index contributed by atoms with van der Waals surface area (Å²) in [5.41, 5.74) is 1.19. The van der Waals surface area contributed by atoms with Crippen LogP contribution in [0.15, 0.2) is 23.0 Å². The molecule has 0 fully saturated rings. The summed E-state index contributed by atoms with van der Waals surface area (Å²) in [4.78, 5) is 14.3. The van der Waals surface area contributed by atoms with Gasteiger partial charge in [-0.1, -0.05) is 34.2 Å². The van der Waals surface area contributed by atoms with E-state index in [1.54, 1.807) is 0 Å². The van der Waals surface area contributed by atoms with Crippen LogP contribution in [0.3, 0.4) is 0 Å². The maximum Gasteiger partial charge on any atom is 0.455 e. The fraction of sp³-hybridized carbons (Fsp3) is 0.389. The summed E-state index contributed by atoms with van der Waals surface area (Å²) >= 11 is 8.42. The third-order valence-corrected chi connectivity index (χ3v) is 5.76. The van der Waals surface area contributed by atoms with Gasteiger partial charge in [0.2, 0.25) is 5.56 Å². The predicted molar refractivity (Wildman–Crippen MR) is 108 cm³/mol. The van der Waals surface area contributed by atoms with Crippen LogP contribution in [0.1, 0.15) is 17.7 Å². The van der Waals surface area contributed by atoms with Crippen molar-refractivity contribution in [2.75, 3.05) is 4.43 Å². The van der Waals surface area contributed by atoms with Crippen LogP contribution in [0.4, 0.5) is 22.0 Å². The average Bonchev–Trinajstić information content (AvgIpc) is 2.83. The first kappa shape index (κ1) is 21.4. The molecule has 0 saturated heterocycles. The topological polar surface area (TPSA) is 37.8 Å². The van der Waals surface area contributed by atoms with E-state index >= 15 is 0 Å². The Morgan fingerprint density at radius 1 is 1.18 bits per heavy atom. The van der Waals surface area contributed by atoms with Crippen LogP contribution in [-0.4, -0.2) is 26.1 Å². The molecule has 1 N–H and O–H groups in total. The number of aromatic nitrogens is 2. The lowest BCUT2D eigenvalue weighted by Crippen LogP contribution is -2.40. The SMILES string of the molecule is Cc1c(CCCI)c2c3c(Cl)cc(=O)[nH]c3ccc2n1CC(F)(F)C(F)(F)F. The molecule has 0 spiro atoms. The molecule has 0 saturated carbocycles. The number of fused-ring (bicyclic) bond motifs is 3. The first-order valence-corrected chi connectivity index (χ1v) is 10.2. The molecule has 0 aliphatic carbocycles. The fourth-order valence-electron chi connectivity index (χ4n) is 3.40. The number of benzene rings is 1. The second-order valence-corrected chi connectivity index (χ2v) is 7.99. The third kappa shape index (κ3) is 3.62. The molecule has 10 heteroatoms. The number of rotatable bonds is 5. The molecule has 0 unspecified atom stereocenters. The Bertz CT molecular complexity index is 1100. The van der Waals surface area contributed by atoms with Crippen LogP contribution in [0, 0.1) is 6.92 Å². The van der Waals surface area contributed by atoms with E-state index < -0.39 is 24.2 Å². The first-order valence-electron chi connectivity index (χ1n) is 8.31. The van der Waals surface area contributed by atoms with Gasteiger partial charge in [0.05, 0.1) is 17.1 Å². The van der Waals surface area contributed by atoms with Gasteiger partial charge in [0.15, 0.2) is 0 Å². The summed E-state index contributed by atoms with van der Waals surface area (Å²) in [7, 11) is 0. The minimum atomic E-state index is -5.65. The molecule has 1 aromatic carbocycles. The van der Waals surface area contributed by atoms with Gasteiger partial charge in [-0.2, -0.15) is 22.0 Å². The molecule has 0 radical (unpaired) electrons. The molecule has 2 aromatic heterocycles. The van der Waals surface area contributed by atoms with Crippen LogP contribution in [-0.2, 0) is 13.0 Å². The van der Waals surface area contributed by atoms with Crippen molar-refractivity contribution in [1.82, 2.24) is 9.55 Å². The molecule has 0 atom stereocenters. The van der Waals surface area contributed by atoms with Gasteiger partial charge < -0.3 is 9.55 Å². The molecule has 0 bridgehead atoms. The maximum absolute atomic E-state index is 13.8. The molecular formula is C18H15ClF5IN2O. The molecule has 3 nitrogen and oxygen atoms in total. The van der Waals surface area contributed by atoms with Crippen LogP contribution in [0.2, 0.25) is 5.02 Å². The van der Waals surface area contributed by atoms with Crippen LogP contribution < -0.4 is 5.56 Å². The highest BCUT2D eigenvalue weighted by molar-refractivity contribution is 14.1. The van der Waals surface area contributed by atoms with E-state index in [1.165, 1.54) is 25.1 Å². The number of aryl methyl sites for hydroxylation is 1. The van der Waals surface area contributed by atoms with E-state index in [1.807, 2.05) is 0 Å². The number of nitrogens with one attached hydrogen (secondary N) is 1. The van der Waals surface area contributed by atoms with Gasteiger partial charge in [0, 0.05) is 28.0 Å². The Morgan fingerprint density at radius 2 is 1.86 bits per heavy atom. The number of pyridine rings is 1. The highest BCUT2D eigenvalue weighted by Gasteiger charge is 2.57. The highest BCUT2D eigenvalue weighted by atomic mass is 127. The molecule has 0 aliphatic heterocycles. The largest absolute Gasteiger partial charge is 0.455 e. The summed E-state index contributed by atoms with van der Waals surface area (Å²) in [5, 5.41) is 1.07. The van der Waals surface area contributed by atoms with Gasteiger partial charge in [0.1, 0.15) is 0 Å². The van der Waals surface area contributed by atoms with Crippen molar-refractivity contribution in [1.29, 1.82) is 0 Å². The second-order valence-electron chi connectivity index (χ2n) is 6.51. The molecule has 2 heterocycles. The highest BCUT2D eigenvalue weighted by Crippen LogP contribution is 2.41. The molecule has 3 aromatic rings. The molecule has 0 aliphatic rings. The van der Waals surface area contributed by atoms with E-state index in [9.17, 15) is 26.7 Å². The summed E-state index contributed by atoms with van der Waals surface area (Å²) in [6, 6.07) is 4.08. The summed E-state index contributed by atoms with van der Waals surface area (Å²) < 4.78 is 67.8. The van der Waals surface area contributed by atoms with Crippen molar-refractivity contribution in [2.45, 2.75) is 38.4 Å². The monoisotopic (exact) mass is 532 g/mol. The summed E-state index contributed by atoms with van der Waals surface area (Å²) in [6.45, 7) is 0.00987. The average molecular weight is 533 g/mol. The Kier molecular flexibility index (Phi) is 5.70. The number of halogens is 7. The predicted octanol–water partition coefficient (Wildman–Crippen LogP) is 6.01. The lowest BCUT2D eigenvalue weighted by atomic mass is 10.0. The number of alkyl halides is 6. The number of hydrogen-bond donors (Lipinski definition) is 1. The van der Waals surface area contributed by atoms with Gasteiger partial charge in [-0.3, -0.25) is 4.79 Å². The van der Waals surface area contributed by atoms with Crippen molar-refractivity contribution in [2.24, 2.45) is 0 Å². The van der Waals surface area contributed by atoms with Crippen molar-refractivity contribution >= 4 is 56.0 Å². The number of aromatic amines is 1. The maximum atomic E-state index is 13.8. The Morgan fingerprint density at radius 3 is 2.46 bits per heavy atom. The van der Waals surface area contributed by atoms with Crippen molar-refractivity contribution in [3.8, 4) is 0 Å². The quantitative estimate of drug-likeness (QED) is 0.244. The summed E-state index contributed by atoms with van der Waals surface area (Å²) in [6.07, 6.45) is -4.45. The minimum Gasteiger partial charge on any atom is -0.338 e. The Labute approximate surface area is 175 Å². The van der Waals surface area contributed by atoms with E-state index in [-0.39, 0.29) is 10.5 Å². The van der Waals surface area contributed by atoms with Crippen LogP contribution in [0.5, 0.6) is 0 Å². The number of nitrogens with zero attached hydrogens (tertiary/aromatic N) is 1. The van der Waals surface area contributed by atoms with E-state index in [2.05, 4.69) is 27.6 Å². The van der Waals surface area contributed by atoms with E-state index in [4.69, 9.17) is 11.6 Å². The molecule has 0 amide bonds. The van der Waals surface area contributed by atoms with Gasteiger partial charge in [-0.25, -0.2) is 0 Å². The van der Waals surface area contributed by atoms with Crippen LogP contribution >= 0.6 is 34.2 Å². The first-order chi connectivity index (χ1) is 13.0. The zero-order chi connectivity index (χ0) is 20.9. The van der Waals surface area contributed by atoms with Crippen molar-refractivity contribution < 1.29 is 22.0 Å². The lowest BCUT2D eigenvalue weighted by molar-refractivity contribution is -0.286. The molecule has 3 rings (SSSR count). The Hall–Kier alpha value is -1.36. The summed E-state index contributed by atoms with van der Waals surface area (Å²) in [5.74, 6) is -4.88.